The summed E-state index contributed by atoms with van der Waals surface area (Å²) in [6.07, 6.45) is 0. The van der Waals surface area contributed by atoms with E-state index in [1.54, 1.807) is 10.5 Å². The number of anilines is 1. The van der Waals surface area contributed by atoms with Gasteiger partial charge < -0.3 is 5.32 Å². The second kappa shape index (κ2) is 7.41. The van der Waals surface area contributed by atoms with Crippen molar-refractivity contribution in [2.24, 2.45) is 0 Å². The van der Waals surface area contributed by atoms with Gasteiger partial charge in [0.05, 0.1) is 11.4 Å². The standard InChI is InChI=1S/C18H19N3O2S2/c1-11-4-5-15(12(2)6-11)20-16(22)10-24-9-14-7-17(23)21-13(3)8-25-18(21)19-14/h4-8H,9-10H2,1-3H3,(H,20,22). The summed E-state index contributed by atoms with van der Waals surface area (Å²) in [6.45, 7) is 5.89. The molecule has 0 unspecified atom stereocenters. The minimum absolute atomic E-state index is 0.0540. The lowest BCUT2D eigenvalue weighted by Crippen LogP contribution is -2.16. The molecule has 0 saturated heterocycles. The van der Waals surface area contributed by atoms with Crippen molar-refractivity contribution < 1.29 is 4.79 Å². The highest BCUT2D eigenvalue weighted by molar-refractivity contribution is 7.99. The molecule has 2 heterocycles. The molecule has 0 atom stereocenters. The number of amides is 1. The normalized spacial score (nSPS) is 11.0. The first-order valence-electron chi connectivity index (χ1n) is 7.85. The Balaban J connectivity index is 1.59. The summed E-state index contributed by atoms with van der Waals surface area (Å²) >= 11 is 2.90. The smallest absolute Gasteiger partial charge is 0.258 e. The number of hydrogen-bond acceptors (Lipinski definition) is 5. The van der Waals surface area contributed by atoms with Gasteiger partial charge in [-0.25, -0.2) is 4.98 Å². The number of aromatic nitrogens is 2. The summed E-state index contributed by atoms with van der Waals surface area (Å²) in [6, 6.07) is 7.48. The van der Waals surface area contributed by atoms with Crippen molar-refractivity contribution in [3.8, 4) is 0 Å². The molecule has 3 aromatic rings. The Labute approximate surface area is 154 Å². The fourth-order valence-electron chi connectivity index (χ4n) is 2.56. The highest BCUT2D eigenvalue weighted by atomic mass is 32.2. The number of nitrogens with one attached hydrogen (secondary N) is 1. The van der Waals surface area contributed by atoms with Gasteiger partial charge >= 0.3 is 0 Å². The van der Waals surface area contributed by atoms with Crippen molar-refractivity contribution in [1.29, 1.82) is 0 Å². The van der Waals surface area contributed by atoms with Crippen LogP contribution in [0.1, 0.15) is 22.5 Å². The summed E-state index contributed by atoms with van der Waals surface area (Å²) in [5.41, 5.74) is 4.58. The first-order valence-corrected chi connectivity index (χ1v) is 9.89. The van der Waals surface area contributed by atoms with E-state index in [1.165, 1.54) is 28.7 Å². The average molecular weight is 374 g/mol. The van der Waals surface area contributed by atoms with Crippen LogP contribution in [0.15, 0.2) is 34.4 Å². The van der Waals surface area contributed by atoms with E-state index >= 15 is 0 Å². The third-order valence-corrected chi connectivity index (χ3v) is 5.68. The van der Waals surface area contributed by atoms with Crippen LogP contribution in [0.3, 0.4) is 0 Å². The molecule has 0 radical (unpaired) electrons. The Bertz CT molecular complexity index is 992. The van der Waals surface area contributed by atoms with Crippen LogP contribution in [0.25, 0.3) is 4.96 Å². The maximum atomic E-state index is 12.1. The number of thiazole rings is 1. The summed E-state index contributed by atoms with van der Waals surface area (Å²) in [4.78, 5) is 29.4. The zero-order valence-electron chi connectivity index (χ0n) is 14.3. The predicted octanol–water partition coefficient (Wildman–Crippen LogP) is 3.55. The molecule has 7 heteroatoms. The summed E-state index contributed by atoms with van der Waals surface area (Å²) < 4.78 is 1.60. The van der Waals surface area contributed by atoms with Gasteiger partial charge in [-0.3, -0.25) is 14.0 Å². The highest BCUT2D eigenvalue weighted by Crippen LogP contribution is 2.18. The molecule has 0 saturated carbocycles. The van der Waals surface area contributed by atoms with Crippen LogP contribution in [0.2, 0.25) is 0 Å². The van der Waals surface area contributed by atoms with Gasteiger partial charge in [0.1, 0.15) is 0 Å². The van der Waals surface area contributed by atoms with Crippen molar-refractivity contribution in [3.05, 3.63) is 62.5 Å². The molecule has 0 fully saturated rings. The number of thioether (sulfide) groups is 1. The topological polar surface area (TPSA) is 63.5 Å². The number of carbonyl (C=O) groups excluding carboxylic acids is 1. The molecule has 2 aromatic heterocycles. The van der Waals surface area contributed by atoms with E-state index in [4.69, 9.17) is 0 Å². The molecule has 1 amide bonds. The Morgan fingerprint density at radius 3 is 2.84 bits per heavy atom. The molecule has 1 N–H and O–H groups in total. The van der Waals surface area contributed by atoms with Crippen LogP contribution in [-0.2, 0) is 10.5 Å². The lowest BCUT2D eigenvalue weighted by molar-refractivity contribution is -0.113. The lowest BCUT2D eigenvalue weighted by Gasteiger charge is -2.09. The van der Waals surface area contributed by atoms with Crippen LogP contribution < -0.4 is 10.9 Å². The Morgan fingerprint density at radius 1 is 1.28 bits per heavy atom. The predicted molar refractivity (Wildman–Crippen MR) is 105 cm³/mol. The van der Waals surface area contributed by atoms with Crippen LogP contribution in [-0.4, -0.2) is 21.0 Å². The second-order valence-corrected chi connectivity index (χ2v) is 7.76. The number of nitrogens with zero attached hydrogens (tertiary/aromatic N) is 2. The second-order valence-electron chi connectivity index (χ2n) is 5.94. The van der Waals surface area contributed by atoms with E-state index in [-0.39, 0.29) is 11.5 Å². The lowest BCUT2D eigenvalue weighted by atomic mass is 10.1. The van der Waals surface area contributed by atoms with Crippen LogP contribution >= 0.6 is 23.1 Å². The van der Waals surface area contributed by atoms with Gasteiger partial charge in [0.15, 0.2) is 4.96 Å². The summed E-state index contributed by atoms with van der Waals surface area (Å²) in [7, 11) is 0. The molecule has 0 spiro atoms. The van der Waals surface area contributed by atoms with Crippen LogP contribution in [0, 0.1) is 20.8 Å². The van der Waals surface area contributed by atoms with Crippen molar-refractivity contribution >= 4 is 39.7 Å². The van der Waals surface area contributed by atoms with E-state index in [9.17, 15) is 9.59 Å². The zero-order valence-corrected chi connectivity index (χ0v) is 16.0. The Hall–Kier alpha value is -2.12. The summed E-state index contributed by atoms with van der Waals surface area (Å²) in [5, 5.41) is 4.84. The van der Waals surface area contributed by atoms with Gasteiger partial charge in [-0.2, -0.15) is 0 Å². The average Bonchev–Trinajstić information content (AvgIpc) is 2.92. The molecule has 0 aliphatic rings. The molecule has 0 bridgehead atoms. The van der Waals surface area contributed by atoms with Gasteiger partial charge in [-0.05, 0) is 32.4 Å². The number of carbonyl (C=O) groups is 1. The number of rotatable bonds is 5. The first-order chi connectivity index (χ1) is 11.9. The Morgan fingerprint density at radius 2 is 2.08 bits per heavy atom. The van der Waals surface area contributed by atoms with Crippen LogP contribution in [0.5, 0.6) is 0 Å². The van der Waals surface area contributed by atoms with E-state index in [0.29, 0.717) is 22.2 Å². The summed E-state index contributed by atoms with van der Waals surface area (Å²) in [5.74, 6) is 0.794. The molecule has 3 rings (SSSR count). The number of fused-ring (bicyclic) bond motifs is 1. The van der Waals surface area contributed by atoms with Gasteiger partial charge in [0.25, 0.3) is 5.56 Å². The molecule has 0 aliphatic carbocycles. The van der Waals surface area contributed by atoms with E-state index in [0.717, 1.165) is 16.9 Å². The molecule has 5 nitrogen and oxygen atoms in total. The van der Waals surface area contributed by atoms with E-state index in [2.05, 4.69) is 10.3 Å². The Kier molecular flexibility index (Phi) is 5.24. The van der Waals surface area contributed by atoms with Crippen molar-refractivity contribution in [2.45, 2.75) is 26.5 Å². The number of hydrogen-bond donors (Lipinski definition) is 1. The molecule has 25 heavy (non-hydrogen) atoms. The van der Waals surface area contributed by atoms with Crippen molar-refractivity contribution in [2.75, 3.05) is 11.1 Å². The minimum Gasteiger partial charge on any atom is -0.325 e. The molecule has 0 aliphatic heterocycles. The molecular formula is C18H19N3O2S2. The van der Waals surface area contributed by atoms with Gasteiger partial charge in [-0.1, -0.05) is 17.7 Å². The van der Waals surface area contributed by atoms with Gasteiger partial charge in [-0.15, -0.1) is 23.1 Å². The zero-order chi connectivity index (χ0) is 18.0. The van der Waals surface area contributed by atoms with E-state index < -0.39 is 0 Å². The maximum absolute atomic E-state index is 12.1. The fourth-order valence-corrected chi connectivity index (χ4v) is 4.17. The fraction of sp³-hybridized carbons (Fsp3) is 0.278. The molecular weight excluding hydrogens is 354 g/mol. The number of aryl methyl sites for hydroxylation is 3. The third kappa shape index (κ3) is 4.11. The third-order valence-electron chi connectivity index (χ3n) is 3.77. The first kappa shape index (κ1) is 17.7. The highest BCUT2D eigenvalue weighted by Gasteiger charge is 2.09. The largest absolute Gasteiger partial charge is 0.325 e. The molecule has 1 aromatic carbocycles. The van der Waals surface area contributed by atoms with Crippen LogP contribution in [0.4, 0.5) is 5.69 Å². The monoisotopic (exact) mass is 373 g/mol. The van der Waals surface area contributed by atoms with Crippen molar-refractivity contribution in [1.82, 2.24) is 9.38 Å². The van der Waals surface area contributed by atoms with Gasteiger partial charge in [0.2, 0.25) is 5.91 Å². The number of benzene rings is 1. The SMILES string of the molecule is Cc1ccc(NC(=O)CSCc2cc(=O)n3c(C)csc3n2)c(C)c1. The molecule has 130 valence electrons. The minimum atomic E-state index is -0.0703. The van der Waals surface area contributed by atoms with Crippen molar-refractivity contribution in [3.63, 3.8) is 0 Å². The quantitative estimate of drug-likeness (QED) is 0.743. The van der Waals surface area contributed by atoms with E-state index in [1.807, 2.05) is 44.4 Å². The maximum Gasteiger partial charge on any atom is 0.258 e. The van der Waals surface area contributed by atoms with Gasteiger partial charge in [0, 0.05) is 28.6 Å².